The molecule has 3 heterocycles. The molecule has 0 saturated heterocycles. The zero-order valence-corrected chi connectivity index (χ0v) is 29.8. The largest absolute Gasteiger partial charge is 0.370 e. The number of hydrogen-bond acceptors (Lipinski definition) is 6. The highest BCUT2D eigenvalue weighted by atomic mass is 16.1. The third kappa shape index (κ3) is 11.9. The number of aryl methyl sites for hydroxylation is 2. The number of guanidine groups is 1. The van der Waals surface area contributed by atoms with Crippen LogP contribution in [0.4, 0.5) is 0 Å². The predicted octanol–water partition coefficient (Wildman–Crippen LogP) is 5.38. The molecule has 0 aliphatic rings. The molecule has 256 valence electrons. The van der Waals surface area contributed by atoms with Gasteiger partial charge in [-0.2, -0.15) is 4.98 Å². The summed E-state index contributed by atoms with van der Waals surface area (Å²) < 4.78 is 1.58. The van der Waals surface area contributed by atoms with Crippen molar-refractivity contribution < 1.29 is 0 Å². The van der Waals surface area contributed by atoms with Crippen molar-refractivity contribution in [2.45, 2.75) is 111 Å². The van der Waals surface area contributed by atoms with Crippen molar-refractivity contribution in [3.8, 4) is 5.69 Å². The summed E-state index contributed by atoms with van der Waals surface area (Å²) in [4.78, 5) is 28.6. The highest BCUT2D eigenvalue weighted by Crippen LogP contribution is 2.25. The highest BCUT2D eigenvalue weighted by Gasteiger charge is 2.18. The lowest BCUT2D eigenvalue weighted by Gasteiger charge is -2.20. The van der Waals surface area contributed by atoms with Gasteiger partial charge in [0, 0.05) is 58.6 Å². The quantitative estimate of drug-likeness (QED) is 0.0786. The summed E-state index contributed by atoms with van der Waals surface area (Å²) in [6.45, 7) is 19.4. The van der Waals surface area contributed by atoms with Gasteiger partial charge in [-0.3, -0.25) is 14.5 Å². The van der Waals surface area contributed by atoms with Crippen molar-refractivity contribution in [1.82, 2.24) is 24.8 Å². The molecule has 47 heavy (non-hydrogen) atoms. The normalized spacial score (nSPS) is 12.4. The van der Waals surface area contributed by atoms with Gasteiger partial charge in [-0.1, -0.05) is 60.6 Å². The lowest BCUT2D eigenvalue weighted by Crippen LogP contribution is -2.23. The Morgan fingerprint density at radius 3 is 2.28 bits per heavy atom. The van der Waals surface area contributed by atoms with Gasteiger partial charge in [-0.25, -0.2) is 4.79 Å². The zero-order chi connectivity index (χ0) is 34.8. The summed E-state index contributed by atoms with van der Waals surface area (Å²) in [7, 11) is 0. The lowest BCUT2D eigenvalue weighted by atomic mass is 9.89. The fraction of sp³-hybridized carbons (Fsp3) is 0.514. The Hall–Kier alpha value is -4.02. The van der Waals surface area contributed by atoms with Gasteiger partial charge in [-0.05, 0) is 87.0 Å². The molecule has 1 atom stereocenters. The standard InChI is InChI=1S/C21H29N7O.C16H28N2/c1-21(2,3)17-11-15-13-28(20(29)27-18(15)26-17)16-7-5-14(6-8-16)12-24-9-4-10-25-19(22)23;1-6-14-10-13(9-7-8-12(2)17)11-15(18-14)16(3,4)5/h5-8,11,13,24H,4,9-10,12H2,1-3H3,(H4,22,23,25)(H,26,27,29);10-12H,6-9,17H2,1-5H3/t;12-/m.0/s1. The molecule has 4 aromatic rings. The number of pyridine rings is 1. The van der Waals surface area contributed by atoms with Crippen LogP contribution in [0, 0.1) is 0 Å². The molecule has 0 saturated carbocycles. The number of nitrogens with one attached hydrogen (secondary N) is 2. The van der Waals surface area contributed by atoms with E-state index < -0.39 is 0 Å². The molecular formula is C37H57N9O. The topological polar surface area (TPSA) is 166 Å². The molecule has 0 spiro atoms. The first kappa shape index (κ1) is 37.4. The second kappa shape index (κ2) is 16.7. The lowest BCUT2D eigenvalue weighted by molar-refractivity contribution is 0.563. The monoisotopic (exact) mass is 643 g/mol. The van der Waals surface area contributed by atoms with Crippen molar-refractivity contribution >= 4 is 17.0 Å². The number of aliphatic imine (C=N–C) groups is 1. The SMILES string of the molecule is CC(C)(C)c1cc2cn(-c3ccc(CNCCCN=C(N)N)cc3)c(=O)nc2[nH]1.CCc1cc(CCC[C@H](C)N)cc(C(C)(C)C)n1. The fourth-order valence-electron chi connectivity index (χ4n) is 4.99. The minimum atomic E-state index is -0.301. The summed E-state index contributed by atoms with van der Waals surface area (Å²) >= 11 is 0. The van der Waals surface area contributed by atoms with Crippen LogP contribution >= 0.6 is 0 Å². The maximum Gasteiger partial charge on any atom is 0.354 e. The van der Waals surface area contributed by atoms with E-state index in [2.05, 4.69) is 93.9 Å². The molecule has 0 aliphatic heterocycles. The molecule has 0 amide bonds. The summed E-state index contributed by atoms with van der Waals surface area (Å²) in [5.41, 5.74) is 23.6. The molecular weight excluding hydrogens is 586 g/mol. The van der Waals surface area contributed by atoms with E-state index in [9.17, 15) is 4.79 Å². The van der Waals surface area contributed by atoms with E-state index in [0.29, 0.717) is 18.2 Å². The first-order valence-electron chi connectivity index (χ1n) is 16.8. The van der Waals surface area contributed by atoms with E-state index in [4.69, 9.17) is 22.2 Å². The summed E-state index contributed by atoms with van der Waals surface area (Å²) in [5, 5.41) is 4.27. The Morgan fingerprint density at radius 2 is 1.68 bits per heavy atom. The van der Waals surface area contributed by atoms with Crippen LogP contribution in [0.15, 0.2) is 58.4 Å². The van der Waals surface area contributed by atoms with Gasteiger partial charge in [0.15, 0.2) is 5.96 Å². The molecule has 0 radical (unpaired) electrons. The molecule has 0 aliphatic carbocycles. The van der Waals surface area contributed by atoms with E-state index in [-0.39, 0.29) is 22.5 Å². The number of aromatic amines is 1. The second-order valence-electron chi connectivity index (χ2n) is 14.5. The number of fused-ring (bicyclic) bond motifs is 1. The Bertz CT molecular complexity index is 1650. The molecule has 4 rings (SSSR count). The van der Waals surface area contributed by atoms with Crippen molar-refractivity contribution in [1.29, 1.82) is 0 Å². The maximum atomic E-state index is 12.5. The van der Waals surface area contributed by atoms with E-state index in [1.807, 2.05) is 30.5 Å². The van der Waals surface area contributed by atoms with Crippen LogP contribution in [0.3, 0.4) is 0 Å². The van der Waals surface area contributed by atoms with Gasteiger partial charge in [0.2, 0.25) is 0 Å². The van der Waals surface area contributed by atoms with Gasteiger partial charge < -0.3 is 27.5 Å². The molecule has 3 aromatic heterocycles. The van der Waals surface area contributed by atoms with Crippen LogP contribution in [-0.4, -0.2) is 44.6 Å². The van der Waals surface area contributed by atoms with E-state index in [1.165, 1.54) is 17.0 Å². The Morgan fingerprint density at radius 1 is 0.979 bits per heavy atom. The van der Waals surface area contributed by atoms with E-state index in [1.54, 1.807) is 4.57 Å². The second-order valence-corrected chi connectivity index (χ2v) is 14.5. The van der Waals surface area contributed by atoms with Gasteiger partial charge >= 0.3 is 5.69 Å². The fourth-order valence-corrected chi connectivity index (χ4v) is 4.99. The number of rotatable bonds is 12. The summed E-state index contributed by atoms with van der Waals surface area (Å²) in [6, 6.07) is 14.7. The molecule has 1 aromatic carbocycles. The maximum absolute atomic E-state index is 12.5. The van der Waals surface area contributed by atoms with Gasteiger partial charge in [-0.15, -0.1) is 0 Å². The van der Waals surface area contributed by atoms with Crippen LogP contribution in [0.2, 0.25) is 0 Å². The molecule has 0 bridgehead atoms. The minimum Gasteiger partial charge on any atom is -0.370 e. The number of benzene rings is 1. The van der Waals surface area contributed by atoms with Crippen LogP contribution in [-0.2, 0) is 30.2 Å². The van der Waals surface area contributed by atoms with E-state index >= 15 is 0 Å². The van der Waals surface area contributed by atoms with Crippen LogP contribution in [0.25, 0.3) is 16.7 Å². The first-order valence-corrected chi connectivity index (χ1v) is 16.8. The molecule has 0 unspecified atom stereocenters. The average molecular weight is 644 g/mol. The smallest absolute Gasteiger partial charge is 0.354 e. The van der Waals surface area contributed by atoms with Gasteiger partial charge in [0.1, 0.15) is 5.65 Å². The van der Waals surface area contributed by atoms with E-state index in [0.717, 1.165) is 67.5 Å². The third-order valence-electron chi connectivity index (χ3n) is 7.86. The summed E-state index contributed by atoms with van der Waals surface area (Å²) in [6.07, 6.45) is 7.07. The van der Waals surface area contributed by atoms with Crippen LogP contribution in [0.1, 0.15) is 103 Å². The molecule has 8 N–H and O–H groups in total. The first-order chi connectivity index (χ1) is 22.1. The molecule has 10 heteroatoms. The Labute approximate surface area is 280 Å². The number of aromatic nitrogens is 4. The average Bonchev–Trinajstić information content (AvgIpc) is 3.42. The van der Waals surface area contributed by atoms with Crippen molar-refractivity contribution in [2.75, 3.05) is 13.1 Å². The Balaban J connectivity index is 0.000000287. The van der Waals surface area contributed by atoms with Crippen molar-refractivity contribution in [3.05, 3.63) is 87.4 Å². The van der Waals surface area contributed by atoms with Gasteiger partial charge in [0.25, 0.3) is 0 Å². The number of H-pyrrole nitrogens is 1. The minimum absolute atomic E-state index is 0.0352. The van der Waals surface area contributed by atoms with Crippen LogP contribution in [0.5, 0.6) is 0 Å². The summed E-state index contributed by atoms with van der Waals surface area (Å²) in [5.74, 6) is 0.123. The number of nitrogens with zero attached hydrogens (tertiary/aromatic N) is 4. The molecule has 0 fully saturated rings. The zero-order valence-electron chi connectivity index (χ0n) is 29.8. The number of nitrogens with two attached hydrogens (primary N) is 3. The highest BCUT2D eigenvalue weighted by molar-refractivity contribution is 5.76. The Kier molecular flexibility index (Phi) is 13.3. The van der Waals surface area contributed by atoms with Crippen LogP contribution < -0.4 is 28.2 Å². The van der Waals surface area contributed by atoms with Crippen molar-refractivity contribution in [3.63, 3.8) is 0 Å². The third-order valence-corrected chi connectivity index (χ3v) is 7.86. The number of hydrogen-bond donors (Lipinski definition) is 5. The van der Waals surface area contributed by atoms with Crippen molar-refractivity contribution in [2.24, 2.45) is 22.2 Å². The predicted molar refractivity (Wildman–Crippen MR) is 196 cm³/mol. The van der Waals surface area contributed by atoms with Gasteiger partial charge in [0.05, 0.1) is 5.69 Å². The molecule has 10 nitrogen and oxygen atoms in total.